The first-order valence-electron chi connectivity index (χ1n) is 3.16. The molecule has 0 amide bonds. The Morgan fingerprint density at radius 3 is 3.00 bits per heavy atom. The van der Waals surface area contributed by atoms with Crippen molar-refractivity contribution in [3.63, 3.8) is 0 Å². The average molecular weight is 135 g/mol. The zero-order chi connectivity index (χ0) is 6.97. The van der Waals surface area contributed by atoms with E-state index in [-0.39, 0.29) is 0 Å². The third kappa shape index (κ3) is 0.603. The molecule has 1 aliphatic heterocycles. The molecule has 1 aromatic rings. The van der Waals surface area contributed by atoms with Gasteiger partial charge in [0.1, 0.15) is 6.54 Å². The molecule has 0 bridgehead atoms. The quantitative estimate of drug-likeness (QED) is 0.540. The predicted molar refractivity (Wildman–Crippen MR) is 36.6 cm³/mol. The van der Waals surface area contributed by atoms with Gasteiger partial charge in [0.15, 0.2) is 4.87 Å². The predicted octanol–water partition coefficient (Wildman–Crippen LogP) is 1.12. The van der Waals surface area contributed by atoms with Crippen molar-refractivity contribution in [3.05, 3.63) is 34.7 Å². The highest BCUT2D eigenvalue weighted by Gasteiger charge is 2.25. The van der Waals surface area contributed by atoms with Crippen LogP contribution in [0.15, 0.2) is 24.3 Å². The minimum absolute atomic E-state index is 0.652. The lowest BCUT2D eigenvalue weighted by Gasteiger charge is -1.81. The summed E-state index contributed by atoms with van der Waals surface area (Å²) in [6, 6.07) is 7.54. The van der Waals surface area contributed by atoms with Gasteiger partial charge in [-0.3, -0.25) is 0 Å². The summed E-state index contributed by atoms with van der Waals surface area (Å²) < 4.78 is 0. The fraction of sp³-hybridized carbons (Fsp3) is 0.143. The van der Waals surface area contributed by atoms with Crippen LogP contribution >= 0.6 is 0 Å². The van der Waals surface area contributed by atoms with E-state index in [1.807, 2.05) is 24.3 Å². The molecule has 0 unspecified atom stereocenters. The highest BCUT2D eigenvalue weighted by Crippen LogP contribution is 2.21. The molecule has 1 N–H and O–H groups in total. The van der Waals surface area contributed by atoms with E-state index in [4.69, 9.17) is 0 Å². The molecular weight excluding hydrogens is 128 g/mol. The number of nitroso groups, excluding NO2 is 1. The van der Waals surface area contributed by atoms with E-state index in [2.05, 4.69) is 5.43 Å². The standard InChI is InChI=1S/C7H7N2O/c10-9-7-4-2-1-3-6(7)5-8-9/h1-4H,5H2,(H,8,10)/q+1. The molecule has 0 aliphatic carbocycles. The molecule has 10 heavy (non-hydrogen) atoms. The summed E-state index contributed by atoms with van der Waals surface area (Å²) in [4.78, 5) is 11.7. The number of benzene rings is 1. The number of fused-ring (bicyclic) bond motifs is 1. The second-order valence-electron chi connectivity index (χ2n) is 2.26. The molecule has 0 spiro atoms. The maximum Gasteiger partial charge on any atom is 0.297 e. The Hall–Kier alpha value is -1.38. The van der Waals surface area contributed by atoms with Gasteiger partial charge in [0.05, 0.1) is 10.5 Å². The van der Waals surface area contributed by atoms with Gasteiger partial charge in [-0.25, -0.2) is 0 Å². The minimum atomic E-state index is 0.652. The molecule has 1 heterocycles. The van der Waals surface area contributed by atoms with Gasteiger partial charge in [0.25, 0.3) is 5.69 Å². The van der Waals surface area contributed by atoms with Crippen LogP contribution in [-0.4, -0.2) is 4.87 Å². The number of para-hydroxylation sites is 1. The van der Waals surface area contributed by atoms with Gasteiger partial charge in [0.2, 0.25) is 0 Å². The highest BCUT2D eigenvalue weighted by atomic mass is 16.3. The fourth-order valence-electron chi connectivity index (χ4n) is 1.10. The lowest BCUT2D eigenvalue weighted by molar-refractivity contribution is -0.519. The van der Waals surface area contributed by atoms with Crippen LogP contribution in [0.2, 0.25) is 0 Å². The number of nitrogens with one attached hydrogen (secondary N) is 1. The first-order valence-corrected chi connectivity index (χ1v) is 3.16. The smallest absolute Gasteiger partial charge is 0.142 e. The van der Waals surface area contributed by atoms with E-state index in [9.17, 15) is 4.91 Å². The molecule has 0 aromatic heterocycles. The van der Waals surface area contributed by atoms with Crippen LogP contribution in [0.4, 0.5) is 5.69 Å². The molecule has 0 saturated carbocycles. The maximum atomic E-state index is 10.9. The van der Waals surface area contributed by atoms with Crippen molar-refractivity contribution in [2.75, 3.05) is 0 Å². The van der Waals surface area contributed by atoms with Crippen LogP contribution in [0.25, 0.3) is 0 Å². The fourth-order valence-corrected chi connectivity index (χ4v) is 1.10. The number of nitrogens with zero attached hydrogens (tertiary/aromatic N) is 1. The molecule has 0 fully saturated rings. The second-order valence-corrected chi connectivity index (χ2v) is 2.26. The van der Waals surface area contributed by atoms with Crippen molar-refractivity contribution in [3.8, 4) is 0 Å². The lowest BCUT2D eigenvalue weighted by atomic mass is 10.2. The van der Waals surface area contributed by atoms with Gasteiger partial charge in [-0.1, -0.05) is 18.2 Å². The zero-order valence-corrected chi connectivity index (χ0v) is 5.37. The largest absolute Gasteiger partial charge is 0.297 e. The van der Waals surface area contributed by atoms with Crippen LogP contribution in [0.3, 0.4) is 0 Å². The van der Waals surface area contributed by atoms with Crippen molar-refractivity contribution in [1.29, 1.82) is 0 Å². The van der Waals surface area contributed by atoms with Crippen molar-refractivity contribution in [1.82, 2.24) is 5.43 Å². The normalized spacial score (nSPS) is 14.6. The van der Waals surface area contributed by atoms with E-state index >= 15 is 0 Å². The van der Waals surface area contributed by atoms with Crippen molar-refractivity contribution >= 4 is 5.69 Å². The minimum Gasteiger partial charge on any atom is -0.142 e. The summed E-state index contributed by atoms with van der Waals surface area (Å²) in [6.07, 6.45) is 0. The van der Waals surface area contributed by atoms with Crippen LogP contribution in [0.1, 0.15) is 5.56 Å². The lowest BCUT2D eigenvalue weighted by Crippen LogP contribution is -2.12. The van der Waals surface area contributed by atoms with E-state index in [0.29, 0.717) is 6.54 Å². The summed E-state index contributed by atoms with van der Waals surface area (Å²) in [5.74, 6) is 0. The Morgan fingerprint density at radius 1 is 1.40 bits per heavy atom. The molecular formula is C7H7N2O+. The molecule has 0 atom stereocenters. The summed E-state index contributed by atoms with van der Waals surface area (Å²) >= 11 is 0. The molecule has 3 heteroatoms. The third-order valence-corrected chi connectivity index (χ3v) is 1.62. The van der Waals surface area contributed by atoms with Crippen molar-refractivity contribution < 1.29 is 4.87 Å². The average Bonchev–Trinajstić information content (AvgIpc) is 2.34. The Kier molecular flexibility index (Phi) is 0.974. The monoisotopic (exact) mass is 135 g/mol. The molecule has 1 aliphatic rings. The van der Waals surface area contributed by atoms with Gasteiger partial charge < -0.3 is 0 Å². The Balaban J connectivity index is 2.61. The molecule has 1 aromatic carbocycles. The molecule has 3 nitrogen and oxygen atoms in total. The molecule has 0 radical (unpaired) electrons. The molecule has 50 valence electrons. The third-order valence-electron chi connectivity index (χ3n) is 1.62. The SMILES string of the molecule is O=[N+]1NCc2ccccc21. The van der Waals surface area contributed by atoms with Crippen molar-refractivity contribution in [2.45, 2.75) is 6.54 Å². The van der Waals surface area contributed by atoms with Gasteiger partial charge in [-0.2, -0.15) is 0 Å². The van der Waals surface area contributed by atoms with E-state index in [1.54, 1.807) is 0 Å². The number of rotatable bonds is 0. The topological polar surface area (TPSA) is 32.1 Å². The molecule has 0 saturated heterocycles. The Bertz CT molecular complexity index is 283. The second kappa shape index (κ2) is 1.80. The zero-order valence-electron chi connectivity index (χ0n) is 5.37. The summed E-state index contributed by atoms with van der Waals surface area (Å²) in [7, 11) is 0. The van der Waals surface area contributed by atoms with Crippen LogP contribution in [0, 0.1) is 4.91 Å². The van der Waals surface area contributed by atoms with Gasteiger partial charge in [0, 0.05) is 6.07 Å². The van der Waals surface area contributed by atoms with Crippen LogP contribution in [0.5, 0.6) is 0 Å². The highest BCUT2D eigenvalue weighted by molar-refractivity contribution is 5.40. The van der Waals surface area contributed by atoms with E-state index in [0.717, 1.165) is 16.1 Å². The van der Waals surface area contributed by atoms with E-state index in [1.165, 1.54) is 0 Å². The van der Waals surface area contributed by atoms with Crippen LogP contribution in [-0.2, 0) is 6.54 Å². The summed E-state index contributed by atoms with van der Waals surface area (Å²) in [6.45, 7) is 0.652. The Morgan fingerprint density at radius 2 is 2.20 bits per heavy atom. The van der Waals surface area contributed by atoms with Gasteiger partial charge in [-0.05, 0) is 0 Å². The summed E-state index contributed by atoms with van der Waals surface area (Å²) in [5.41, 5.74) is 4.47. The number of hydrazine groups is 1. The number of hydrogen-bond donors (Lipinski definition) is 1. The van der Waals surface area contributed by atoms with E-state index < -0.39 is 0 Å². The summed E-state index contributed by atoms with van der Waals surface area (Å²) in [5, 5.41) is 0. The van der Waals surface area contributed by atoms with Crippen LogP contribution < -0.4 is 5.43 Å². The number of hydrogen-bond acceptors (Lipinski definition) is 1. The van der Waals surface area contributed by atoms with Gasteiger partial charge >= 0.3 is 0 Å². The van der Waals surface area contributed by atoms with Gasteiger partial charge in [-0.15, -0.1) is 5.43 Å². The maximum absolute atomic E-state index is 10.9. The Labute approximate surface area is 58.2 Å². The first kappa shape index (κ1) is 5.41. The van der Waals surface area contributed by atoms with Crippen molar-refractivity contribution in [2.24, 2.45) is 0 Å². The molecule has 2 rings (SSSR count). The first-order chi connectivity index (χ1) is 4.88.